The van der Waals surface area contributed by atoms with E-state index in [1.54, 1.807) is 24.3 Å². The minimum Gasteiger partial charge on any atom is -0.370 e. The van der Waals surface area contributed by atoms with Gasteiger partial charge in [0.25, 0.3) is 5.91 Å². The predicted molar refractivity (Wildman–Crippen MR) is 118 cm³/mol. The van der Waals surface area contributed by atoms with Crippen molar-refractivity contribution in [2.24, 2.45) is 11.8 Å². The SMILES string of the molecule is O=C(Nc1ccc2c3c1C1C=CCC1CN3CC1CC=CC21)c1ccc(Cl)cc1. The van der Waals surface area contributed by atoms with E-state index < -0.39 is 0 Å². The van der Waals surface area contributed by atoms with E-state index in [1.165, 1.54) is 23.2 Å². The van der Waals surface area contributed by atoms with Crippen LogP contribution < -0.4 is 10.2 Å². The van der Waals surface area contributed by atoms with Gasteiger partial charge in [0.2, 0.25) is 0 Å². The van der Waals surface area contributed by atoms with Gasteiger partial charge in [0, 0.05) is 52.4 Å². The number of benzene rings is 2. The number of rotatable bonds is 2. The first-order valence-electron chi connectivity index (χ1n) is 10.5. The largest absolute Gasteiger partial charge is 0.370 e. The fourth-order valence-corrected chi connectivity index (χ4v) is 5.91. The number of carbonyl (C=O) groups excluding carboxylic acids is 1. The molecule has 0 fully saturated rings. The standard InChI is InChI=1S/C25H23ClN2O/c26-18-9-7-15(8-10-18)25(29)27-22-12-11-21-19-5-1-3-16(19)13-28-14-17-4-2-6-20(17)23(22)24(21)28/h1-2,5-12,16-17,19-20H,3-4,13-14H2,(H,27,29). The van der Waals surface area contributed by atoms with Gasteiger partial charge in [0.15, 0.2) is 0 Å². The number of hydrogen-bond donors (Lipinski definition) is 1. The van der Waals surface area contributed by atoms with Gasteiger partial charge in [-0.2, -0.15) is 0 Å². The molecule has 4 aliphatic rings. The molecule has 6 rings (SSSR count). The van der Waals surface area contributed by atoms with E-state index in [0.29, 0.717) is 34.3 Å². The molecule has 0 bridgehead atoms. The quantitative estimate of drug-likeness (QED) is 0.649. The maximum absolute atomic E-state index is 12.9. The summed E-state index contributed by atoms with van der Waals surface area (Å²) in [4.78, 5) is 15.5. The highest BCUT2D eigenvalue weighted by Crippen LogP contribution is 2.54. The third-order valence-electron chi connectivity index (χ3n) is 7.10. The molecule has 3 nitrogen and oxygen atoms in total. The molecule has 1 amide bonds. The average Bonchev–Trinajstić information content (AvgIpc) is 3.38. The molecule has 4 heteroatoms. The molecule has 4 atom stereocenters. The van der Waals surface area contributed by atoms with E-state index >= 15 is 0 Å². The molecule has 2 aliphatic heterocycles. The summed E-state index contributed by atoms with van der Waals surface area (Å²) in [6, 6.07) is 11.5. The monoisotopic (exact) mass is 402 g/mol. The third kappa shape index (κ3) is 2.67. The average molecular weight is 403 g/mol. The lowest BCUT2D eigenvalue weighted by Crippen LogP contribution is -2.44. The van der Waals surface area contributed by atoms with Crippen molar-refractivity contribution in [3.05, 3.63) is 82.4 Å². The number of anilines is 2. The molecule has 2 aliphatic carbocycles. The number of carbonyl (C=O) groups is 1. The predicted octanol–water partition coefficient (Wildman–Crippen LogP) is 5.75. The van der Waals surface area contributed by atoms with Gasteiger partial charge in [-0.1, -0.05) is 42.0 Å². The minimum absolute atomic E-state index is 0.0806. The zero-order chi connectivity index (χ0) is 19.5. The Bertz CT molecular complexity index is 1050. The van der Waals surface area contributed by atoms with Crippen LogP contribution in [-0.4, -0.2) is 19.0 Å². The molecular formula is C25H23ClN2O. The molecule has 2 aromatic rings. The minimum atomic E-state index is -0.0806. The van der Waals surface area contributed by atoms with E-state index in [-0.39, 0.29) is 5.91 Å². The lowest BCUT2D eigenvalue weighted by atomic mass is 9.74. The first kappa shape index (κ1) is 17.3. The van der Waals surface area contributed by atoms with Crippen molar-refractivity contribution in [2.75, 3.05) is 23.3 Å². The van der Waals surface area contributed by atoms with Crippen LogP contribution in [0.2, 0.25) is 5.02 Å². The molecule has 0 spiro atoms. The number of hydrogen-bond acceptors (Lipinski definition) is 2. The Kier molecular flexibility index (Phi) is 3.89. The van der Waals surface area contributed by atoms with Crippen LogP contribution in [0.25, 0.3) is 0 Å². The van der Waals surface area contributed by atoms with E-state index in [2.05, 4.69) is 46.7 Å². The second kappa shape index (κ2) is 6.50. The summed E-state index contributed by atoms with van der Waals surface area (Å²) in [5, 5.41) is 3.85. The molecule has 0 saturated heterocycles. The molecule has 0 saturated carbocycles. The van der Waals surface area contributed by atoms with Gasteiger partial charge in [-0.05, 0) is 60.6 Å². The lowest BCUT2D eigenvalue weighted by molar-refractivity contribution is 0.102. The summed E-state index contributed by atoms with van der Waals surface area (Å²) < 4.78 is 0. The first-order chi connectivity index (χ1) is 14.2. The van der Waals surface area contributed by atoms with Crippen LogP contribution in [0, 0.1) is 11.8 Å². The van der Waals surface area contributed by atoms with Crippen LogP contribution in [-0.2, 0) is 0 Å². The summed E-state index contributed by atoms with van der Waals surface area (Å²) >= 11 is 5.98. The van der Waals surface area contributed by atoms with Crippen molar-refractivity contribution in [3.63, 3.8) is 0 Å². The topological polar surface area (TPSA) is 32.3 Å². The van der Waals surface area contributed by atoms with E-state index in [1.807, 2.05) is 0 Å². The van der Waals surface area contributed by atoms with Crippen LogP contribution in [0.3, 0.4) is 0 Å². The van der Waals surface area contributed by atoms with Gasteiger partial charge in [0.1, 0.15) is 0 Å². The zero-order valence-electron chi connectivity index (χ0n) is 16.1. The summed E-state index contributed by atoms with van der Waals surface area (Å²) in [6.07, 6.45) is 11.7. The van der Waals surface area contributed by atoms with Crippen molar-refractivity contribution in [1.29, 1.82) is 0 Å². The maximum atomic E-state index is 12.9. The molecule has 29 heavy (non-hydrogen) atoms. The Hall–Kier alpha value is -2.52. The number of nitrogens with one attached hydrogen (secondary N) is 1. The molecule has 0 radical (unpaired) electrons. The fourth-order valence-electron chi connectivity index (χ4n) is 5.79. The highest BCUT2D eigenvalue weighted by molar-refractivity contribution is 6.30. The second-order valence-electron chi connectivity index (χ2n) is 8.73. The Labute approximate surface area is 176 Å². The van der Waals surface area contributed by atoms with Crippen LogP contribution in [0.15, 0.2) is 60.7 Å². The molecular weight excluding hydrogens is 380 g/mol. The number of amides is 1. The molecule has 0 aromatic heterocycles. The molecule has 146 valence electrons. The van der Waals surface area contributed by atoms with Gasteiger partial charge in [-0.25, -0.2) is 0 Å². The van der Waals surface area contributed by atoms with Crippen LogP contribution in [0.4, 0.5) is 11.4 Å². The highest BCUT2D eigenvalue weighted by Gasteiger charge is 2.43. The molecule has 1 N–H and O–H groups in total. The Morgan fingerprint density at radius 2 is 1.62 bits per heavy atom. The normalized spacial score (nSPS) is 28.1. The highest BCUT2D eigenvalue weighted by atomic mass is 35.5. The number of fused-ring (bicyclic) bond motifs is 4. The smallest absolute Gasteiger partial charge is 0.255 e. The van der Waals surface area contributed by atoms with E-state index in [4.69, 9.17) is 11.6 Å². The van der Waals surface area contributed by atoms with Crippen LogP contribution >= 0.6 is 11.6 Å². The van der Waals surface area contributed by atoms with E-state index in [0.717, 1.165) is 25.2 Å². The number of halogens is 1. The van der Waals surface area contributed by atoms with Crippen molar-refractivity contribution in [3.8, 4) is 0 Å². The summed E-state index contributed by atoms with van der Waals surface area (Å²) in [5.41, 5.74) is 5.71. The van der Waals surface area contributed by atoms with Gasteiger partial charge in [-0.3, -0.25) is 4.79 Å². The van der Waals surface area contributed by atoms with Crippen LogP contribution in [0.1, 0.15) is 46.2 Å². The molecule has 4 unspecified atom stereocenters. The number of allylic oxidation sites excluding steroid dienone is 4. The fraction of sp³-hybridized carbons (Fsp3) is 0.320. The number of nitrogens with zero attached hydrogens (tertiary/aromatic N) is 1. The van der Waals surface area contributed by atoms with E-state index in [9.17, 15) is 4.79 Å². The summed E-state index contributed by atoms with van der Waals surface area (Å²) in [6.45, 7) is 2.24. The van der Waals surface area contributed by atoms with Crippen LogP contribution in [0.5, 0.6) is 0 Å². The molecule has 2 heterocycles. The van der Waals surface area contributed by atoms with Gasteiger partial charge in [0.05, 0.1) is 0 Å². The second-order valence-corrected chi connectivity index (χ2v) is 9.17. The van der Waals surface area contributed by atoms with Crippen molar-refractivity contribution in [2.45, 2.75) is 24.7 Å². The maximum Gasteiger partial charge on any atom is 0.255 e. The van der Waals surface area contributed by atoms with Crippen molar-refractivity contribution >= 4 is 28.9 Å². The Balaban J connectivity index is 1.45. The lowest BCUT2D eigenvalue weighted by Gasteiger charge is -2.46. The van der Waals surface area contributed by atoms with Gasteiger partial charge in [-0.15, -0.1) is 0 Å². The zero-order valence-corrected chi connectivity index (χ0v) is 16.9. The Morgan fingerprint density at radius 3 is 2.38 bits per heavy atom. The van der Waals surface area contributed by atoms with Gasteiger partial charge < -0.3 is 10.2 Å². The first-order valence-corrected chi connectivity index (χ1v) is 10.9. The third-order valence-corrected chi connectivity index (χ3v) is 7.35. The Morgan fingerprint density at radius 1 is 0.931 bits per heavy atom. The van der Waals surface area contributed by atoms with Gasteiger partial charge >= 0.3 is 0 Å². The van der Waals surface area contributed by atoms with Crippen molar-refractivity contribution < 1.29 is 4.79 Å². The molecule has 2 aromatic carbocycles. The summed E-state index contributed by atoms with van der Waals surface area (Å²) in [7, 11) is 0. The van der Waals surface area contributed by atoms with Crippen molar-refractivity contribution in [1.82, 2.24) is 0 Å². The summed E-state index contributed by atoms with van der Waals surface area (Å²) in [5.74, 6) is 2.13.